The Morgan fingerprint density at radius 3 is 2.78 bits per heavy atom. The van der Waals surface area contributed by atoms with Crippen LogP contribution in [0.1, 0.15) is 26.7 Å². The molecule has 5 heteroatoms. The molecule has 0 aliphatic carbocycles. The van der Waals surface area contributed by atoms with Gasteiger partial charge in [0.15, 0.2) is 0 Å². The number of alkyl halides is 1. The predicted molar refractivity (Wildman–Crippen MR) is 73.5 cm³/mol. The van der Waals surface area contributed by atoms with Crippen LogP contribution in [-0.2, 0) is 0 Å². The van der Waals surface area contributed by atoms with Crippen LogP contribution in [0.3, 0.4) is 0 Å². The van der Waals surface area contributed by atoms with Crippen LogP contribution in [0.15, 0.2) is 12.3 Å². The minimum Gasteiger partial charge on any atom is -0.475 e. The van der Waals surface area contributed by atoms with E-state index in [1.807, 2.05) is 13.8 Å². The quantitative estimate of drug-likeness (QED) is 0.788. The SMILES string of the molecule is CC(C)Oc1ccnc(N2CCC(CCl)CC2)n1. The van der Waals surface area contributed by atoms with Gasteiger partial charge in [0, 0.05) is 31.2 Å². The Kier molecular flexibility index (Phi) is 4.64. The van der Waals surface area contributed by atoms with E-state index in [-0.39, 0.29) is 6.10 Å². The van der Waals surface area contributed by atoms with Crippen LogP contribution < -0.4 is 9.64 Å². The third-order valence-corrected chi connectivity index (χ3v) is 3.53. The van der Waals surface area contributed by atoms with E-state index in [2.05, 4.69) is 14.9 Å². The lowest BCUT2D eigenvalue weighted by Crippen LogP contribution is -2.35. The molecular formula is C13H20ClN3O. The Labute approximate surface area is 113 Å². The Morgan fingerprint density at radius 2 is 2.17 bits per heavy atom. The molecule has 0 radical (unpaired) electrons. The highest BCUT2D eigenvalue weighted by Gasteiger charge is 2.20. The summed E-state index contributed by atoms with van der Waals surface area (Å²) >= 11 is 5.89. The number of nitrogens with zero attached hydrogens (tertiary/aromatic N) is 3. The molecule has 0 aromatic carbocycles. The van der Waals surface area contributed by atoms with Crippen molar-refractivity contribution in [3.63, 3.8) is 0 Å². The summed E-state index contributed by atoms with van der Waals surface area (Å²) in [6.45, 7) is 5.94. The highest BCUT2D eigenvalue weighted by atomic mass is 35.5. The molecule has 0 saturated carbocycles. The lowest BCUT2D eigenvalue weighted by Gasteiger charge is -2.31. The molecule has 1 aromatic rings. The van der Waals surface area contributed by atoms with Gasteiger partial charge in [-0.2, -0.15) is 4.98 Å². The molecule has 1 aliphatic rings. The molecule has 0 unspecified atom stereocenters. The van der Waals surface area contributed by atoms with E-state index in [4.69, 9.17) is 16.3 Å². The maximum Gasteiger partial charge on any atom is 0.228 e. The molecular weight excluding hydrogens is 250 g/mol. The number of ether oxygens (including phenoxy) is 1. The molecule has 18 heavy (non-hydrogen) atoms. The number of anilines is 1. The number of rotatable bonds is 4. The molecule has 0 atom stereocenters. The third-order valence-electron chi connectivity index (χ3n) is 3.09. The molecule has 100 valence electrons. The van der Waals surface area contributed by atoms with Crippen LogP contribution in [0, 0.1) is 5.92 Å². The van der Waals surface area contributed by atoms with Gasteiger partial charge in [-0.1, -0.05) is 0 Å². The molecule has 1 aliphatic heterocycles. The largest absolute Gasteiger partial charge is 0.475 e. The topological polar surface area (TPSA) is 38.2 Å². The Hall–Kier alpha value is -1.03. The van der Waals surface area contributed by atoms with Crippen LogP contribution in [0.25, 0.3) is 0 Å². The molecule has 0 spiro atoms. The molecule has 2 rings (SSSR count). The standard InChI is InChI=1S/C13H20ClN3O/c1-10(2)18-12-3-6-15-13(16-12)17-7-4-11(9-14)5-8-17/h3,6,10-11H,4-5,7-9H2,1-2H3. The Bertz CT molecular complexity index is 378. The van der Waals surface area contributed by atoms with Crippen molar-refractivity contribution in [2.45, 2.75) is 32.8 Å². The third kappa shape index (κ3) is 3.48. The normalized spacial score (nSPS) is 17.2. The molecule has 1 aromatic heterocycles. The monoisotopic (exact) mass is 269 g/mol. The first-order chi connectivity index (χ1) is 8.69. The van der Waals surface area contributed by atoms with Crippen molar-refractivity contribution in [1.82, 2.24) is 9.97 Å². The van der Waals surface area contributed by atoms with Gasteiger partial charge in [-0.15, -0.1) is 11.6 Å². The lowest BCUT2D eigenvalue weighted by atomic mass is 9.99. The van der Waals surface area contributed by atoms with Gasteiger partial charge in [0.2, 0.25) is 11.8 Å². The maximum absolute atomic E-state index is 5.89. The van der Waals surface area contributed by atoms with E-state index in [1.54, 1.807) is 12.3 Å². The van der Waals surface area contributed by atoms with Crippen molar-refractivity contribution < 1.29 is 4.74 Å². The van der Waals surface area contributed by atoms with Crippen molar-refractivity contribution in [3.8, 4) is 5.88 Å². The van der Waals surface area contributed by atoms with Crippen molar-refractivity contribution >= 4 is 17.5 Å². The summed E-state index contributed by atoms with van der Waals surface area (Å²) in [5.41, 5.74) is 0. The minimum atomic E-state index is 0.134. The Morgan fingerprint density at radius 1 is 1.44 bits per heavy atom. The van der Waals surface area contributed by atoms with Crippen LogP contribution in [0.4, 0.5) is 5.95 Å². The average Bonchev–Trinajstić information content (AvgIpc) is 2.38. The lowest BCUT2D eigenvalue weighted by molar-refractivity contribution is 0.232. The van der Waals surface area contributed by atoms with Gasteiger partial charge >= 0.3 is 0 Å². The highest BCUT2D eigenvalue weighted by molar-refractivity contribution is 6.18. The number of halogens is 1. The van der Waals surface area contributed by atoms with Crippen LogP contribution in [0.2, 0.25) is 0 Å². The van der Waals surface area contributed by atoms with E-state index < -0.39 is 0 Å². The number of hydrogen-bond donors (Lipinski definition) is 0. The van der Waals surface area contributed by atoms with E-state index in [0.717, 1.165) is 37.8 Å². The van der Waals surface area contributed by atoms with E-state index >= 15 is 0 Å². The zero-order valence-electron chi connectivity index (χ0n) is 11.0. The first-order valence-corrected chi connectivity index (χ1v) is 7.03. The zero-order chi connectivity index (χ0) is 13.0. The molecule has 0 bridgehead atoms. The number of aromatic nitrogens is 2. The van der Waals surface area contributed by atoms with Crippen molar-refractivity contribution in [1.29, 1.82) is 0 Å². The maximum atomic E-state index is 5.89. The summed E-state index contributed by atoms with van der Waals surface area (Å²) in [7, 11) is 0. The average molecular weight is 270 g/mol. The fourth-order valence-corrected chi connectivity index (χ4v) is 2.39. The Balaban J connectivity index is 2.00. The van der Waals surface area contributed by atoms with Crippen LogP contribution in [0.5, 0.6) is 5.88 Å². The molecule has 2 heterocycles. The van der Waals surface area contributed by atoms with Gasteiger partial charge in [-0.25, -0.2) is 4.98 Å². The summed E-state index contributed by atoms with van der Waals surface area (Å²) < 4.78 is 5.59. The second kappa shape index (κ2) is 6.23. The second-order valence-corrected chi connectivity index (χ2v) is 5.25. The van der Waals surface area contributed by atoms with E-state index in [9.17, 15) is 0 Å². The number of hydrogen-bond acceptors (Lipinski definition) is 4. The summed E-state index contributed by atoms with van der Waals surface area (Å²) in [6.07, 6.45) is 4.12. The van der Waals surface area contributed by atoms with Gasteiger partial charge < -0.3 is 9.64 Å². The summed E-state index contributed by atoms with van der Waals surface area (Å²) in [5, 5.41) is 0. The van der Waals surface area contributed by atoms with Crippen molar-refractivity contribution in [3.05, 3.63) is 12.3 Å². The van der Waals surface area contributed by atoms with Crippen molar-refractivity contribution in [2.75, 3.05) is 23.9 Å². The fraction of sp³-hybridized carbons (Fsp3) is 0.692. The second-order valence-electron chi connectivity index (χ2n) is 4.95. The van der Waals surface area contributed by atoms with Gasteiger partial charge in [0.25, 0.3) is 0 Å². The summed E-state index contributed by atoms with van der Waals surface area (Å²) in [4.78, 5) is 11.0. The molecule has 0 N–H and O–H groups in total. The zero-order valence-corrected chi connectivity index (χ0v) is 11.7. The molecule has 4 nitrogen and oxygen atoms in total. The van der Waals surface area contributed by atoms with E-state index in [0.29, 0.717) is 11.8 Å². The minimum absolute atomic E-state index is 0.134. The van der Waals surface area contributed by atoms with Crippen LogP contribution in [-0.4, -0.2) is 35.0 Å². The van der Waals surface area contributed by atoms with Crippen LogP contribution >= 0.6 is 11.6 Å². The molecule has 1 fully saturated rings. The fourth-order valence-electron chi connectivity index (χ4n) is 2.08. The molecule has 1 saturated heterocycles. The summed E-state index contributed by atoms with van der Waals surface area (Å²) in [5.74, 6) is 2.80. The molecule has 0 amide bonds. The smallest absolute Gasteiger partial charge is 0.228 e. The van der Waals surface area contributed by atoms with Crippen molar-refractivity contribution in [2.24, 2.45) is 5.92 Å². The first kappa shape index (κ1) is 13.4. The van der Waals surface area contributed by atoms with Gasteiger partial charge in [-0.3, -0.25) is 0 Å². The predicted octanol–water partition coefficient (Wildman–Crippen LogP) is 2.72. The summed E-state index contributed by atoms with van der Waals surface area (Å²) in [6, 6.07) is 1.80. The van der Waals surface area contributed by atoms with Gasteiger partial charge in [0.05, 0.1) is 6.10 Å². The highest BCUT2D eigenvalue weighted by Crippen LogP contribution is 2.22. The number of piperidine rings is 1. The van der Waals surface area contributed by atoms with E-state index in [1.165, 1.54) is 0 Å². The van der Waals surface area contributed by atoms with Gasteiger partial charge in [-0.05, 0) is 32.6 Å². The van der Waals surface area contributed by atoms with Gasteiger partial charge in [0.1, 0.15) is 0 Å². The first-order valence-electron chi connectivity index (χ1n) is 6.49.